The summed E-state index contributed by atoms with van der Waals surface area (Å²) in [5.41, 5.74) is 3.58. The van der Waals surface area contributed by atoms with Crippen molar-refractivity contribution in [2.45, 2.75) is 33.7 Å². The first-order valence-electron chi connectivity index (χ1n) is 6.17. The van der Waals surface area contributed by atoms with Crippen LogP contribution in [0.2, 0.25) is 0 Å². The zero-order chi connectivity index (χ0) is 15.0. The van der Waals surface area contributed by atoms with Gasteiger partial charge in [-0.1, -0.05) is 17.6 Å². The molecule has 3 nitrogen and oxygen atoms in total. The molecule has 0 aliphatic heterocycles. The zero-order valence-corrected chi connectivity index (χ0v) is 12.6. The fourth-order valence-corrected chi connectivity index (χ4v) is 1.41. The van der Waals surface area contributed by atoms with Crippen molar-refractivity contribution in [3.05, 3.63) is 47.9 Å². The van der Waals surface area contributed by atoms with Crippen molar-refractivity contribution in [3.8, 4) is 12.3 Å². The Morgan fingerprint density at radius 1 is 1.63 bits per heavy atom. The summed E-state index contributed by atoms with van der Waals surface area (Å²) in [6, 6.07) is 0.134. The number of hydrogen-bond donors (Lipinski definition) is 0. The van der Waals surface area contributed by atoms with E-state index in [0.29, 0.717) is 5.62 Å². The second kappa shape index (κ2) is 8.10. The maximum Gasteiger partial charge on any atom is 0.225 e. The van der Waals surface area contributed by atoms with Gasteiger partial charge in [0.05, 0.1) is 17.3 Å². The molecular weight excluding hydrogens is 234 g/mol. The Hall–Kier alpha value is -2.08. The summed E-state index contributed by atoms with van der Waals surface area (Å²) < 4.78 is 1.86. The number of rotatable bonds is 2. The van der Waals surface area contributed by atoms with Gasteiger partial charge in [-0.15, -0.1) is 19.6 Å². The summed E-state index contributed by atoms with van der Waals surface area (Å²) in [5.74, 6) is 2.61. The fraction of sp³-hybridized carbons (Fsp3) is 0.375. The van der Waals surface area contributed by atoms with Gasteiger partial charge in [0.15, 0.2) is 0 Å². The maximum absolute atomic E-state index is 5.40. The molecule has 104 valence electrons. The molecule has 0 N–H and O–H groups in total. The van der Waals surface area contributed by atoms with E-state index in [9.17, 15) is 0 Å². The number of terminal acetylenes is 1. The maximum atomic E-state index is 5.40. The van der Waals surface area contributed by atoms with E-state index in [1.54, 1.807) is 0 Å². The normalized spacial score (nSPS) is 13.3. The molecule has 0 spiro atoms. The number of aryl methyl sites for hydroxylation is 2. The lowest BCUT2D eigenvalue weighted by atomic mass is 10.1. The summed E-state index contributed by atoms with van der Waals surface area (Å²) >= 11 is 0. The fourth-order valence-electron chi connectivity index (χ4n) is 1.41. The Balaban J connectivity index is 0. The molecule has 0 bridgehead atoms. The molecule has 0 fully saturated rings. The van der Waals surface area contributed by atoms with Gasteiger partial charge in [-0.05, 0) is 27.7 Å². The highest BCUT2D eigenvalue weighted by Crippen LogP contribution is 2.03. The van der Waals surface area contributed by atoms with Crippen molar-refractivity contribution in [2.24, 2.45) is 12.0 Å². The minimum Gasteiger partial charge on any atom is -0.319 e. The molecule has 19 heavy (non-hydrogen) atoms. The molecule has 1 aromatic rings. The van der Waals surface area contributed by atoms with Crippen LogP contribution in [0.4, 0.5) is 0 Å². The summed E-state index contributed by atoms with van der Waals surface area (Å²) in [4.78, 5) is 9.01. The Bertz CT molecular complexity index is 562. The second-order valence-corrected chi connectivity index (χ2v) is 4.13. The van der Waals surface area contributed by atoms with Crippen LogP contribution in [-0.2, 0) is 7.05 Å². The lowest BCUT2D eigenvalue weighted by Gasteiger charge is -2.08. The van der Waals surface area contributed by atoms with Crippen molar-refractivity contribution in [1.29, 1.82) is 0 Å². The quantitative estimate of drug-likeness (QED) is 0.593. The first-order chi connectivity index (χ1) is 8.99. The Morgan fingerprint density at radius 2 is 2.21 bits per heavy atom. The average Bonchev–Trinajstić information content (AvgIpc) is 2.43. The van der Waals surface area contributed by atoms with Crippen LogP contribution < -0.4 is 5.62 Å². The SMILES string of the molecule is C#Cc1cn(C)c(=NC(C)C(C)=CC)nc1C.C=C.[HH]. The van der Waals surface area contributed by atoms with Gasteiger partial charge in [0, 0.05) is 14.7 Å². The molecular formula is C16H25N3. The van der Waals surface area contributed by atoms with Gasteiger partial charge in [-0.3, -0.25) is 0 Å². The van der Waals surface area contributed by atoms with Gasteiger partial charge in [-0.2, -0.15) is 0 Å². The number of hydrogen-bond acceptors (Lipinski definition) is 2. The van der Waals surface area contributed by atoms with Gasteiger partial charge in [0.1, 0.15) is 0 Å². The lowest BCUT2D eigenvalue weighted by molar-refractivity contribution is 0.706. The monoisotopic (exact) mass is 259 g/mol. The van der Waals surface area contributed by atoms with Gasteiger partial charge in [-0.25, -0.2) is 9.98 Å². The summed E-state index contributed by atoms with van der Waals surface area (Å²) in [5, 5.41) is 0. The third-order valence-electron chi connectivity index (χ3n) is 2.87. The van der Waals surface area contributed by atoms with Crippen LogP contribution in [0.25, 0.3) is 0 Å². The minimum absolute atomic E-state index is 0. The molecule has 0 amide bonds. The van der Waals surface area contributed by atoms with Gasteiger partial charge >= 0.3 is 0 Å². The van der Waals surface area contributed by atoms with E-state index < -0.39 is 0 Å². The van der Waals surface area contributed by atoms with E-state index in [1.165, 1.54) is 5.57 Å². The molecule has 1 unspecified atom stereocenters. The van der Waals surface area contributed by atoms with E-state index in [0.717, 1.165) is 11.3 Å². The molecule has 1 heterocycles. The first-order valence-corrected chi connectivity index (χ1v) is 6.17. The second-order valence-electron chi connectivity index (χ2n) is 4.13. The Labute approximate surface area is 117 Å². The van der Waals surface area contributed by atoms with Crippen molar-refractivity contribution < 1.29 is 1.43 Å². The summed E-state index contributed by atoms with van der Waals surface area (Å²) in [6.45, 7) is 14.0. The predicted molar refractivity (Wildman–Crippen MR) is 83.7 cm³/mol. The molecule has 0 aliphatic carbocycles. The number of allylic oxidation sites excluding steroid dienone is 1. The smallest absolute Gasteiger partial charge is 0.225 e. The molecule has 0 aliphatic rings. The van der Waals surface area contributed by atoms with Crippen LogP contribution in [0.3, 0.4) is 0 Å². The van der Waals surface area contributed by atoms with Gasteiger partial charge in [0.25, 0.3) is 0 Å². The molecule has 1 rings (SSSR count). The van der Waals surface area contributed by atoms with E-state index in [2.05, 4.69) is 49.0 Å². The third kappa shape index (κ3) is 4.59. The van der Waals surface area contributed by atoms with Crippen molar-refractivity contribution >= 4 is 0 Å². The minimum atomic E-state index is 0. The Morgan fingerprint density at radius 3 is 2.68 bits per heavy atom. The molecule has 1 aromatic heterocycles. The largest absolute Gasteiger partial charge is 0.319 e. The van der Waals surface area contributed by atoms with Gasteiger partial charge < -0.3 is 4.57 Å². The average molecular weight is 259 g/mol. The van der Waals surface area contributed by atoms with E-state index in [4.69, 9.17) is 6.42 Å². The van der Waals surface area contributed by atoms with Crippen molar-refractivity contribution in [2.75, 3.05) is 0 Å². The molecule has 0 saturated carbocycles. The molecule has 0 saturated heterocycles. The number of aromatic nitrogens is 2. The van der Waals surface area contributed by atoms with Crippen LogP contribution in [-0.4, -0.2) is 15.6 Å². The highest BCUT2D eigenvalue weighted by Gasteiger charge is 2.03. The molecule has 0 aromatic carbocycles. The summed E-state index contributed by atoms with van der Waals surface area (Å²) in [6.07, 6.45) is 9.35. The van der Waals surface area contributed by atoms with Crippen LogP contribution in [0.5, 0.6) is 0 Å². The van der Waals surface area contributed by atoms with Crippen LogP contribution >= 0.6 is 0 Å². The third-order valence-corrected chi connectivity index (χ3v) is 2.87. The van der Waals surface area contributed by atoms with E-state index in [-0.39, 0.29) is 7.47 Å². The highest BCUT2D eigenvalue weighted by atomic mass is 15.1. The first kappa shape index (κ1) is 16.9. The van der Waals surface area contributed by atoms with E-state index in [1.807, 2.05) is 31.7 Å². The van der Waals surface area contributed by atoms with Crippen LogP contribution in [0.15, 0.2) is 36.0 Å². The molecule has 0 radical (unpaired) electrons. The van der Waals surface area contributed by atoms with E-state index >= 15 is 0 Å². The summed E-state index contributed by atoms with van der Waals surface area (Å²) in [7, 11) is 1.91. The predicted octanol–water partition coefficient (Wildman–Crippen LogP) is 3.01. The Kier molecular flexibility index (Phi) is 7.21. The van der Waals surface area contributed by atoms with Gasteiger partial charge in [0.2, 0.25) is 5.62 Å². The topological polar surface area (TPSA) is 30.2 Å². The number of nitrogens with zero attached hydrogens (tertiary/aromatic N) is 3. The van der Waals surface area contributed by atoms with Crippen LogP contribution in [0, 0.1) is 19.3 Å². The van der Waals surface area contributed by atoms with Crippen LogP contribution in [0.1, 0.15) is 33.5 Å². The standard InChI is InChI=1S/C14H19N3.C2H4.H2/c1-7-10(3)11(4)15-14-16-12(5)13(8-2)9-17(14)6;1-2;/h2,7,9,11H,1,3-6H3;1-2H2;1H. The molecule has 1 atom stereocenters. The van der Waals surface area contributed by atoms with Crippen molar-refractivity contribution in [1.82, 2.24) is 9.55 Å². The lowest BCUT2D eigenvalue weighted by Crippen LogP contribution is -2.25. The van der Waals surface area contributed by atoms with Crippen molar-refractivity contribution in [3.63, 3.8) is 0 Å². The molecule has 3 heteroatoms. The highest BCUT2D eigenvalue weighted by molar-refractivity contribution is 5.32. The zero-order valence-electron chi connectivity index (χ0n) is 12.6.